The molecule has 1 aliphatic rings. The van der Waals surface area contributed by atoms with Crippen molar-refractivity contribution in [3.63, 3.8) is 0 Å². The Kier molecular flexibility index (Phi) is 4.58. The first kappa shape index (κ1) is 18.2. The van der Waals surface area contributed by atoms with E-state index in [2.05, 4.69) is 23.0 Å². The van der Waals surface area contributed by atoms with Crippen LogP contribution in [-0.2, 0) is 7.05 Å². The second-order valence-corrected chi connectivity index (χ2v) is 7.01. The monoisotopic (exact) mass is 380 g/mol. The minimum atomic E-state index is -0.514. The van der Waals surface area contributed by atoms with Crippen LogP contribution in [0.2, 0.25) is 0 Å². The second-order valence-electron chi connectivity index (χ2n) is 7.01. The molecule has 0 amide bonds. The molecule has 0 fully saturated rings. The summed E-state index contributed by atoms with van der Waals surface area (Å²) in [4.78, 5) is 22.8. The van der Waals surface area contributed by atoms with Crippen molar-refractivity contribution >= 4 is 5.95 Å². The smallest absolute Gasteiger partial charge is 0.255 e. The van der Waals surface area contributed by atoms with Gasteiger partial charge in [0.2, 0.25) is 5.95 Å². The highest BCUT2D eigenvalue weighted by atomic mass is 19.1. The number of likely N-dealkylation sites (N-methyl/N-ethyl adjacent to an activating group) is 1. The summed E-state index contributed by atoms with van der Waals surface area (Å²) in [6.45, 7) is 2.60. The lowest BCUT2D eigenvalue weighted by Crippen LogP contribution is -2.45. The molecule has 7 heteroatoms. The van der Waals surface area contributed by atoms with Gasteiger partial charge in [-0.15, -0.1) is 0 Å². The topological polar surface area (TPSA) is 60.2 Å². The van der Waals surface area contributed by atoms with Gasteiger partial charge in [-0.05, 0) is 17.7 Å². The highest BCUT2D eigenvalue weighted by molar-refractivity contribution is 5.60. The van der Waals surface area contributed by atoms with Gasteiger partial charge in [0, 0.05) is 37.8 Å². The SMILES string of the molecule is C[C@H]1c2ccccc2OC[C@@H]1N(C)c1nc(-c2ccncc2F)cc(=O)n1C. The van der Waals surface area contributed by atoms with Crippen molar-refractivity contribution in [3.8, 4) is 17.0 Å². The van der Waals surface area contributed by atoms with E-state index in [-0.39, 0.29) is 28.8 Å². The molecule has 2 atom stereocenters. The summed E-state index contributed by atoms with van der Waals surface area (Å²) in [5.41, 5.74) is 1.40. The third-order valence-corrected chi connectivity index (χ3v) is 5.37. The lowest BCUT2D eigenvalue weighted by atomic mass is 9.90. The Morgan fingerprint density at radius 1 is 1.29 bits per heavy atom. The van der Waals surface area contributed by atoms with Crippen LogP contribution < -0.4 is 15.2 Å². The van der Waals surface area contributed by atoms with Crippen LogP contribution in [0.5, 0.6) is 5.75 Å². The molecule has 0 unspecified atom stereocenters. The zero-order chi connectivity index (χ0) is 19.8. The molecule has 3 heterocycles. The first-order chi connectivity index (χ1) is 13.5. The number of ether oxygens (including phenoxy) is 1. The van der Waals surface area contributed by atoms with E-state index in [1.165, 1.54) is 22.9 Å². The third kappa shape index (κ3) is 3.02. The zero-order valence-corrected chi connectivity index (χ0v) is 16.0. The standard InChI is InChI=1S/C21H21FN4O2/c1-13-14-6-4-5-7-19(14)28-12-18(13)25(2)21-24-17(10-20(27)26(21)3)15-8-9-23-11-16(15)22/h4-11,13,18H,12H2,1-3H3/t13-,18-/m0/s1. The summed E-state index contributed by atoms with van der Waals surface area (Å²) in [6, 6.07) is 10.8. The summed E-state index contributed by atoms with van der Waals surface area (Å²) in [5.74, 6) is 1.00. The molecule has 0 radical (unpaired) electrons. The predicted octanol–water partition coefficient (Wildman–Crippen LogP) is 2.98. The molecule has 0 saturated heterocycles. The Morgan fingerprint density at radius 3 is 2.86 bits per heavy atom. The average molecular weight is 380 g/mol. The Hall–Kier alpha value is -3.22. The molecule has 2 aromatic heterocycles. The maximum Gasteiger partial charge on any atom is 0.255 e. The van der Waals surface area contributed by atoms with Gasteiger partial charge in [-0.1, -0.05) is 25.1 Å². The van der Waals surface area contributed by atoms with Gasteiger partial charge in [0.25, 0.3) is 5.56 Å². The van der Waals surface area contributed by atoms with Crippen LogP contribution in [0, 0.1) is 5.82 Å². The van der Waals surface area contributed by atoms with Crippen LogP contribution in [0.3, 0.4) is 0 Å². The minimum Gasteiger partial charge on any atom is -0.491 e. The molecule has 0 spiro atoms. The molecule has 0 bridgehead atoms. The number of hydrogen-bond acceptors (Lipinski definition) is 5. The van der Waals surface area contributed by atoms with E-state index in [4.69, 9.17) is 4.74 Å². The second kappa shape index (κ2) is 7.07. The van der Waals surface area contributed by atoms with E-state index in [1.54, 1.807) is 7.05 Å². The van der Waals surface area contributed by atoms with Crippen LogP contribution in [0.15, 0.2) is 53.6 Å². The van der Waals surface area contributed by atoms with Crippen molar-refractivity contribution in [3.05, 3.63) is 70.5 Å². The molecule has 144 valence electrons. The molecule has 28 heavy (non-hydrogen) atoms. The van der Waals surface area contributed by atoms with Crippen molar-refractivity contribution in [1.82, 2.24) is 14.5 Å². The number of hydrogen-bond donors (Lipinski definition) is 0. The molecule has 1 aromatic carbocycles. The van der Waals surface area contributed by atoms with E-state index in [9.17, 15) is 9.18 Å². The van der Waals surface area contributed by atoms with Crippen LogP contribution in [0.4, 0.5) is 10.3 Å². The van der Waals surface area contributed by atoms with Crippen LogP contribution in [0.1, 0.15) is 18.4 Å². The number of para-hydroxylation sites is 1. The quantitative estimate of drug-likeness (QED) is 0.699. The fourth-order valence-electron chi connectivity index (χ4n) is 3.67. The van der Waals surface area contributed by atoms with Crippen molar-refractivity contribution in [1.29, 1.82) is 0 Å². The number of halogens is 1. The predicted molar refractivity (Wildman–Crippen MR) is 105 cm³/mol. The van der Waals surface area contributed by atoms with Gasteiger partial charge in [-0.2, -0.15) is 0 Å². The Morgan fingerprint density at radius 2 is 2.07 bits per heavy atom. The van der Waals surface area contributed by atoms with Gasteiger partial charge < -0.3 is 9.64 Å². The minimum absolute atomic E-state index is 0.0227. The van der Waals surface area contributed by atoms with E-state index in [0.29, 0.717) is 12.6 Å². The van der Waals surface area contributed by atoms with E-state index >= 15 is 0 Å². The number of nitrogens with zero attached hydrogens (tertiary/aromatic N) is 4. The van der Waals surface area contributed by atoms with Gasteiger partial charge >= 0.3 is 0 Å². The van der Waals surface area contributed by atoms with Gasteiger partial charge in [-0.25, -0.2) is 9.37 Å². The fourth-order valence-corrected chi connectivity index (χ4v) is 3.67. The van der Waals surface area contributed by atoms with Crippen LogP contribution in [0.25, 0.3) is 11.3 Å². The molecule has 3 aromatic rings. The summed E-state index contributed by atoms with van der Waals surface area (Å²) in [7, 11) is 3.54. The summed E-state index contributed by atoms with van der Waals surface area (Å²) in [5, 5.41) is 0. The summed E-state index contributed by atoms with van der Waals surface area (Å²) < 4.78 is 21.6. The van der Waals surface area contributed by atoms with Gasteiger partial charge in [0.05, 0.1) is 17.9 Å². The molecule has 0 N–H and O–H groups in total. The van der Waals surface area contributed by atoms with E-state index in [1.807, 2.05) is 30.1 Å². The highest BCUT2D eigenvalue weighted by Gasteiger charge is 2.32. The normalized spacial score (nSPS) is 18.3. The van der Waals surface area contributed by atoms with Crippen LogP contribution >= 0.6 is 0 Å². The molecular formula is C21H21FN4O2. The lowest BCUT2D eigenvalue weighted by molar-refractivity contribution is 0.239. The van der Waals surface area contributed by atoms with Crippen molar-refractivity contribution in [2.24, 2.45) is 7.05 Å². The van der Waals surface area contributed by atoms with Gasteiger partial charge in [0.1, 0.15) is 12.4 Å². The molecule has 0 saturated carbocycles. The lowest BCUT2D eigenvalue weighted by Gasteiger charge is -2.38. The van der Waals surface area contributed by atoms with E-state index in [0.717, 1.165) is 17.5 Å². The third-order valence-electron chi connectivity index (χ3n) is 5.37. The molecule has 6 nitrogen and oxygen atoms in total. The number of fused-ring (bicyclic) bond motifs is 1. The maximum atomic E-state index is 14.2. The van der Waals surface area contributed by atoms with Crippen LogP contribution in [-0.4, -0.2) is 34.2 Å². The number of rotatable bonds is 3. The Bertz CT molecular complexity index is 1080. The molecular weight excluding hydrogens is 359 g/mol. The molecule has 1 aliphatic heterocycles. The number of anilines is 1. The fraction of sp³-hybridized carbons (Fsp3) is 0.286. The van der Waals surface area contributed by atoms with Crippen molar-refractivity contribution in [2.45, 2.75) is 18.9 Å². The van der Waals surface area contributed by atoms with Gasteiger partial charge in [0.15, 0.2) is 5.82 Å². The number of aromatic nitrogens is 3. The molecule has 0 aliphatic carbocycles. The van der Waals surface area contributed by atoms with Crippen molar-refractivity contribution < 1.29 is 9.13 Å². The first-order valence-electron chi connectivity index (χ1n) is 9.10. The molecule has 4 rings (SSSR count). The van der Waals surface area contributed by atoms with Crippen molar-refractivity contribution in [2.75, 3.05) is 18.6 Å². The van der Waals surface area contributed by atoms with E-state index < -0.39 is 5.82 Å². The first-order valence-corrected chi connectivity index (χ1v) is 9.10. The highest BCUT2D eigenvalue weighted by Crippen LogP contribution is 2.36. The number of pyridine rings is 1. The Labute approximate surface area is 162 Å². The average Bonchev–Trinajstić information content (AvgIpc) is 2.70. The summed E-state index contributed by atoms with van der Waals surface area (Å²) >= 11 is 0. The number of benzene rings is 1. The Balaban J connectivity index is 1.75. The maximum absolute atomic E-state index is 14.2. The largest absolute Gasteiger partial charge is 0.491 e. The van der Waals surface area contributed by atoms with Gasteiger partial charge in [-0.3, -0.25) is 14.3 Å². The zero-order valence-electron chi connectivity index (χ0n) is 16.0. The summed E-state index contributed by atoms with van der Waals surface area (Å²) in [6.07, 6.45) is 2.60.